The van der Waals surface area contributed by atoms with Gasteiger partial charge in [-0.05, 0) is 73.0 Å². The molecule has 4 aromatic carbocycles. The van der Waals surface area contributed by atoms with E-state index in [0.717, 1.165) is 36.3 Å². The fourth-order valence-electron chi connectivity index (χ4n) is 6.05. The first kappa shape index (κ1) is 29.3. The predicted octanol–water partition coefficient (Wildman–Crippen LogP) is 6.58. The number of hydrogen-bond donors (Lipinski definition) is 1. The highest BCUT2D eigenvalue weighted by atomic mass is 16.5. The molecule has 44 heavy (non-hydrogen) atoms. The lowest BCUT2D eigenvalue weighted by Gasteiger charge is -2.47. The first-order valence-corrected chi connectivity index (χ1v) is 14.8. The average molecular weight is 589 g/mol. The van der Waals surface area contributed by atoms with Crippen molar-refractivity contribution in [2.75, 3.05) is 20.2 Å². The molecule has 0 amide bonds. The van der Waals surface area contributed by atoms with Crippen molar-refractivity contribution in [2.45, 2.75) is 38.5 Å². The Kier molecular flexibility index (Phi) is 8.54. The number of esters is 1. The summed E-state index contributed by atoms with van der Waals surface area (Å²) in [7, 11) is 1.35. The smallest absolute Gasteiger partial charge is 0.337 e. The normalized spacial score (nSPS) is 18.2. The van der Waals surface area contributed by atoms with Gasteiger partial charge in [0.25, 0.3) is 0 Å². The molecule has 1 aliphatic heterocycles. The van der Waals surface area contributed by atoms with E-state index >= 15 is 0 Å². The Bertz CT molecular complexity index is 1720. The molecule has 8 heteroatoms. The van der Waals surface area contributed by atoms with Crippen LogP contribution in [0.25, 0.3) is 22.9 Å². The zero-order valence-electron chi connectivity index (χ0n) is 25.1. The molecule has 0 aliphatic carbocycles. The number of hydrogen-bond acceptors (Lipinski definition) is 8. The van der Waals surface area contributed by atoms with Gasteiger partial charge >= 0.3 is 5.97 Å². The number of nitrogens with zero attached hydrogens (tertiary/aromatic N) is 4. The van der Waals surface area contributed by atoms with E-state index in [9.17, 15) is 9.90 Å². The zero-order chi connectivity index (χ0) is 30.6. The molecule has 0 bridgehead atoms. The van der Waals surface area contributed by atoms with Gasteiger partial charge in [0, 0.05) is 42.8 Å². The van der Waals surface area contributed by atoms with Crippen molar-refractivity contribution in [1.82, 2.24) is 20.0 Å². The quantitative estimate of drug-likeness (QED) is 0.203. The molecule has 0 unspecified atom stereocenters. The minimum atomic E-state index is -0.426. The van der Waals surface area contributed by atoms with Gasteiger partial charge in [0.1, 0.15) is 5.75 Å². The molecule has 1 N–H and O–H groups in total. The fourth-order valence-corrected chi connectivity index (χ4v) is 6.05. The minimum absolute atomic E-state index is 0.0493. The van der Waals surface area contributed by atoms with Gasteiger partial charge in [0.2, 0.25) is 11.8 Å². The summed E-state index contributed by atoms with van der Waals surface area (Å²) in [6.07, 6.45) is 0. The van der Waals surface area contributed by atoms with Gasteiger partial charge in [0.15, 0.2) is 0 Å². The molecule has 1 aliphatic rings. The van der Waals surface area contributed by atoms with E-state index in [2.05, 4.69) is 82.4 Å². The van der Waals surface area contributed by atoms with Gasteiger partial charge in [-0.2, -0.15) is 0 Å². The largest absolute Gasteiger partial charge is 0.508 e. The summed E-state index contributed by atoms with van der Waals surface area (Å²) < 4.78 is 10.8. The first-order valence-electron chi connectivity index (χ1n) is 14.8. The fraction of sp³-hybridized carbons (Fsp3) is 0.250. The highest BCUT2D eigenvalue weighted by Gasteiger charge is 2.35. The van der Waals surface area contributed by atoms with Gasteiger partial charge in [-0.1, -0.05) is 60.7 Å². The molecular weight excluding hydrogens is 552 g/mol. The van der Waals surface area contributed by atoms with Crippen molar-refractivity contribution < 1.29 is 19.1 Å². The number of aromatic nitrogens is 2. The number of piperazine rings is 1. The summed E-state index contributed by atoms with van der Waals surface area (Å²) in [5.74, 6) is 0.538. The summed E-state index contributed by atoms with van der Waals surface area (Å²) in [5, 5.41) is 18.9. The molecule has 1 saturated heterocycles. The number of benzene rings is 4. The number of phenols is 1. The number of aromatic hydroxyl groups is 1. The van der Waals surface area contributed by atoms with Crippen molar-refractivity contribution in [3.63, 3.8) is 0 Å². The van der Waals surface area contributed by atoms with Crippen LogP contribution in [0.2, 0.25) is 0 Å². The van der Waals surface area contributed by atoms with Gasteiger partial charge < -0.3 is 14.3 Å². The highest BCUT2D eigenvalue weighted by Crippen LogP contribution is 2.36. The topological polar surface area (TPSA) is 91.9 Å². The lowest BCUT2D eigenvalue weighted by Crippen LogP contribution is -2.56. The summed E-state index contributed by atoms with van der Waals surface area (Å²) in [5.41, 5.74) is 5.32. The molecule has 2 heterocycles. The van der Waals surface area contributed by atoms with Crippen LogP contribution in [0.5, 0.6) is 5.75 Å². The molecule has 224 valence electrons. The number of carbonyl (C=O) groups excluding carboxylic acids is 1. The van der Waals surface area contributed by atoms with Gasteiger partial charge in [-0.15, -0.1) is 10.2 Å². The van der Waals surface area contributed by atoms with E-state index in [1.165, 1.54) is 12.7 Å². The van der Waals surface area contributed by atoms with Crippen molar-refractivity contribution in [1.29, 1.82) is 0 Å². The highest BCUT2D eigenvalue weighted by molar-refractivity contribution is 5.90. The Morgan fingerprint density at radius 3 is 2.30 bits per heavy atom. The average Bonchev–Trinajstić information content (AvgIpc) is 3.55. The van der Waals surface area contributed by atoms with Crippen molar-refractivity contribution in [3.8, 4) is 28.7 Å². The van der Waals surface area contributed by atoms with Crippen LogP contribution in [0, 0.1) is 0 Å². The van der Waals surface area contributed by atoms with Gasteiger partial charge in [0.05, 0.1) is 18.7 Å². The molecule has 0 radical (unpaired) electrons. The van der Waals surface area contributed by atoms with Crippen LogP contribution in [0.15, 0.2) is 108 Å². The summed E-state index contributed by atoms with van der Waals surface area (Å²) in [6.45, 7) is 7.31. The summed E-state index contributed by atoms with van der Waals surface area (Å²) in [6, 6.07) is 33.9. The maximum Gasteiger partial charge on any atom is 0.337 e. The summed E-state index contributed by atoms with van der Waals surface area (Å²) in [4.78, 5) is 17.1. The maximum absolute atomic E-state index is 12.0. The van der Waals surface area contributed by atoms with Crippen molar-refractivity contribution in [2.24, 2.45) is 0 Å². The SMILES string of the molecule is COC(=O)c1cccc(-c2nnc(-c3ccc([C@H](c4cccc(O)c4)N4C[C@@H](C)N(Cc5ccccc5)C[C@@H]4C)cc3)o2)c1. The second-order valence-corrected chi connectivity index (χ2v) is 11.4. The van der Waals surface area contributed by atoms with Crippen LogP contribution in [-0.2, 0) is 11.3 Å². The zero-order valence-corrected chi connectivity index (χ0v) is 25.1. The third kappa shape index (κ3) is 6.27. The number of ether oxygens (including phenoxy) is 1. The molecule has 8 nitrogen and oxygen atoms in total. The second kappa shape index (κ2) is 12.8. The number of rotatable bonds is 8. The molecule has 0 spiro atoms. The number of phenolic OH excluding ortho intramolecular Hbond substituents is 1. The van der Waals surface area contributed by atoms with Crippen LogP contribution < -0.4 is 0 Å². The Hall–Kier alpha value is -4.79. The van der Waals surface area contributed by atoms with Gasteiger partial charge in [-0.25, -0.2) is 4.79 Å². The van der Waals surface area contributed by atoms with E-state index in [0.29, 0.717) is 29.0 Å². The molecular formula is C36H36N4O4. The third-order valence-electron chi connectivity index (χ3n) is 8.34. The lowest BCUT2D eigenvalue weighted by atomic mass is 9.92. The van der Waals surface area contributed by atoms with Crippen LogP contribution in [0.1, 0.15) is 46.9 Å². The second-order valence-electron chi connectivity index (χ2n) is 11.4. The molecule has 1 fully saturated rings. The van der Waals surface area contributed by atoms with Gasteiger partial charge in [-0.3, -0.25) is 9.80 Å². The predicted molar refractivity (Wildman–Crippen MR) is 169 cm³/mol. The molecule has 0 saturated carbocycles. The van der Waals surface area contributed by atoms with E-state index in [1.54, 1.807) is 24.3 Å². The first-order chi connectivity index (χ1) is 21.4. The Morgan fingerprint density at radius 2 is 1.57 bits per heavy atom. The van der Waals surface area contributed by atoms with Crippen LogP contribution in [0.3, 0.4) is 0 Å². The molecule has 3 atom stereocenters. The van der Waals surface area contributed by atoms with E-state index in [4.69, 9.17) is 9.15 Å². The van der Waals surface area contributed by atoms with Crippen LogP contribution in [0.4, 0.5) is 0 Å². The summed E-state index contributed by atoms with van der Waals surface area (Å²) >= 11 is 0. The Morgan fingerprint density at radius 1 is 0.841 bits per heavy atom. The lowest BCUT2D eigenvalue weighted by molar-refractivity contribution is 0.0195. The molecule has 1 aromatic heterocycles. The number of methoxy groups -OCH3 is 1. The third-order valence-corrected chi connectivity index (χ3v) is 8.34. The molecule has 6 rings (SSSR count). The monoisotopic (exact) mass is 588 g/mol. The van der Waals surface area contributed by atoms with Crippen molar-refractivity contribution >= 4 is 5.97 Å². The Labute approximate surface area is 257 Å². The maximum atomic E-state index is 12.0. The van der Waals surface area contributed by atoms with E-state index in [-0.39, 0.29) is 17.8 Å². The van der Waals surface area contributed by atoms with Crippen LogP contribution in [-0.4, -0.2) is 63.4 Å². The standard InChI is InChI=1S/C36H36N4O4/c1-24-22-40(25(2)21-39(24)23-26-9-5-4-6-10-26)33(29-11-8-14-32(41)20-29)27-15-17-28(18-16-27)34-37-38-35(44-34)30-12-7-13-31(19-30)36(42)43-3/h4-20,24-25,33,41H,21-23H2,1-3H3/t24-,25+,33-/m1/s1. The molecule has 5 aromatic rings. The van der Waals surface area contributed by atoms with Crippen molar-refractivity contribution in [3.05, 3.63) is 125 Å². The minimum Gasteiger partial charge on any atom is -0.508 e. The van der Waals surface area contributed by atoms with E-state index in [1.807, 2.05) is 30.3 Å². The van der Waals surface area contributed by atoms with E-state index < -0.39 is 5.97 Å². The Balaban J connectivity index is 1.26. The van der Waals surface area contributed by atoms with Crippen LogP contribution >= 0.6 is 0 Å². The number of carbonyl (C=O) groups is 1.